The van der Waals surface area contributed by atoms with Gasteiger partial charge < -0.3 is 10.4 Å². The Hall–Kier alpha value is -2.36. The molecule has 0 radical (unpaired) electrons. The topological polar surface area (TPSA) is 109 Å². The summed E-state index contributed by atoms with van der Waals surface area (Å²) in [6.07, 6.45) is -0.273. The second-order valence-electron chi connectivity index (χ2n) is 4.51. The molecule has 1 aliphatic heterocycles. The number of amides is 1. The number of nitrogens with one attached hydrogen (secondary N) is 1. The van der Waals surface area contributed by atoms with E-state index in [0.29, 0.717) is 4.90 Å². The minimum Gasteiger partial charge on any atom is -0.465 e. The third-order valence-electron chi connectivity index (χ3n) is 3.21. The zero-order chi connectivity index (χ0) is 15.6. The van der Waals surface area contributed by atoms with Crippen LogP contribution in [0.3, 0.4) is 0 Å². The van der Waals surface area contributed by atoms with Gasteiger partial charge in [0.15, 0.2) is 0 Å². The first-order chi connectivity index (χ1) is 9.84. The fraction of sp³-hybridized carbons (Fsp3) is 0.455. The molecule has 1 aromatic heterocycles. The minimum atomic E-state index is -3.28. The van der Waals surface area contributed by atoms with E-state index in [0.717, 1.165) is 18.5 Å². The molecule has 2 N–H and O–H groups in total. The molecule has 2 rings (SSSR count). The molecule has 8 nitrogen and oxygen atoms in total. The molecule has 1 aliphatic rings. The summed E-state index contributed by atoms with van der Waals surface area (Å²) >= 11 is 0. The van der Waals surface area contributed by atoms with Crippen molar-refractivity contribution in [1.82, 2.24) is 10.3 Å². The zero-order valence-electron chi connectivity index (χ0n) is 10.7. The van der Waals surface area contributed by atoms with Gasteiger partial charge in [0.25, 0.3) is 5.92 Å². The number of anilines is 1. The molecule has 2 heterocycles. The van der Waals surface area contributed by atoms with Crippen molar-refractivity contribution in [3.8, 4) is 0 Å². The predicted molar refractivity (Wildman–Crippen MR) is 67.6 cm³/mol. The Morgan fingerprint density at radius 1 is 1.62 bits per heavy atom. The first kappa shape index (κ1) is 15.0. The van der Waals surface area contributed by atoms with Gasteiger partial charge in [-0.15, -0.1) is 0 Å². The molecular formula is C11H12F2N4O4. The average molecular weight is 302 g/mol. The molecule has 0 spiro atoms. The van der Waals surface area contributed by atoms with Crippen molar-refractivity contribution >= 4 is 17.5 Å². The molecule has 0 aromatic carbocycles. The first-order valence-electron chi connectivity index (χ1n) is 6.03. The Balaban J connectivity index is 2.49. The van der Waals surface area contributed by atoms with Gasteiger partial charge in [-0.1, -0.05) is 0 Å². The van der Waals surface area contributed by atoms with E-state index in [9.17, 15) is 28.8 Å². The van der Waals surface area contributed by atoms with Crippen LogP contribution < -0.4 is 10.2 Å². The maximum absolute atomic E-state index is 14.0. The number of nitro groups is 1. The molecule has 1 aromatic rings. The molecule has 0 aliphatic carbocycles. The van der Waals surface area contributed by atoms with Gasteiger partial charge in [0.05, 0.1) is 4.92 Å². The molecular weight excluding hydrogens is 290 g/mol. The van der Waals surface area contributed by atoms with E-state index in [1.807, 2.05) is 0 Å². The van der Waals surface area contributed by atoms with Crippen LogP contribution in [0.2, 0.25) is 0 Å². The van der Waals surface area contributed by atoms with E-state index in [1.54, 1.807) is 0 Å². The van der Waals surface area contributed by atoms with Crippen LogP contribution in [-0.2, 0) is 0 Å². The number of aromatic nitrogens is 1. The van der Waals surface area contributed by atoms with Gasteiger partial charge in [0, 0.05) is 25.7 Å². The van der Waals surface area contributed by atoms with E-state index in [4.69, 9.17) is 0 Å². The summed E-state index contributed by atoms with van der Waals surface area (Å²) in [4.78, 5) is 25.3. The quantitative estimate of drug-likeness (QED) is 0.646. The summed E-state index contributed by atoms with van der Waals surface area (Å²) in [7, 11) is 0. The number of hydrogen-bond donors (Lipinski definition) is 2. The van der Waals surface area contributed by atoms with Crippen molar-refractivity contribution in [1.29, 1.82) is 0 Å². The summed E-state index contributed by atoms with van der Waals surface area (Å²) in [6.45, 7) is -0.242. The van der Waals surface area contributed by atoms with Crippen molar-refractivity contribution in [3.05, 3.63) is 28.6 Å². The van der Waals surface area contributed by atoms with E-state index < -0.39 is 40.8 Å². The van der Waals surface area contributed by atoms with E-state index in [-0.39, 0.29) is 13.1 Å². The zero-order valence-corrected chi connectivity index (χ0v) is 10.7. The highest BCUT2D eigenvalue weighted by molar-refractivity contribution is 5.90. The highest BCUT2D eigenvalue weighted by Crippen LogP contribution is 2.35. The Labute approximate surface area is 117 Å². The molecule has 1 saturated heterocycles. The van der Waals surface area contributed by atoms with Crippen molar-refractivity contribution in [2.75, 3.05) is 18.0 Å². The van der Waals surface area contributed by atoms with Gasteiger partial charge in [-0.3, -0.25) is 20.0 Å². The molecule has 1 amide bonds. The highest BCUT2D eigenvalue weighted by atomic mass is 19.3. The summed E-state index contributed by atoms with van der Waals surface area (Å²) in [5.41, 5.74) is -1.06. The second kappa shape index (κ2) is 5.56. The molecule has 21 heavy (non-hydrogen) atoms. The lowest BCUT2D eigenvalue weighted by atomic mass is 10.0. The van der Waals surface area contributed by atoms with Gasteiger partial charge >= 0.3 is 11.8 Å². The van der Waals surface area contributed by atoms with E-state index >= 15 is 0 Å². The maximum atomic E-state index is 14.0. The number of halogens is 2. The van der Waals surface area contributed by atoms with Gasteiger partial charge in [0.1, 0.15) is 17.9 Å². The lowest BCUT2D eigenvalue weighted by Crippen LogP contribution is -2.59. The number of piperidine rings is 1. The summed E-state index contributed by atoms with van der Waals surface area (Å²) in [6, 6.07) is -0.679. The third-order valence-corrected chi connectivity index (χ3v) is 3.21. The number of carbonyl (C=O) groups is 1. The van der Waals surface area contributed by atoms with Gasteiger partial charge in [-0.2, -0.15) is 0 Å². The Kier molecular flexibility index (Phi) is 3.98. The normalized spacial score (nSPS) is 20.8. The van der Waals surface area contributed by atoms with Crippen LogP contribution in [0.5, 0.6) is 0 Å². The van der Waals surface area contributed by atoms with Crippen molar-refractivity contribution in [2.24, 2.45) is 0 Å². The fourth-order valence-corrected chi connectivity index (χ4v) is 2.22. The van der Waals surface area contributed by atoms with Gasteiger partial charge in [-0.25, -0.2) is 13.6 Å². The van der Waals surface area contributed by atoms with Crippen molar-refractivity contribution in [2.45, 2.75) is 18.4 Å². The van der Waals surface area contributed by atoms with Crippen molar-refractivity contribution in [3.63, 3.8) is 0 Å². The van der Waals surface area contributed by atoms with Crippen LogP contribution in [0.25, 0.3) is 0 Å². The predicted octanol–water partition coefficient (Wildman–Crippen LogP) is 1.47. The van der Waals surface area contributed by atoms with Crippen LogP contribution in [-0.4, -0.2) is 46.2 Å². The summed E-state index contributed by atoms with van der Waals surface area (Å²) in [5.74, 6) is -3.28. The summed E-state index contributed by atoms with van der Waals surface area (Å²) < 4.78 is 27.9. The van der Waals surface area contributed by atoms with E-state index in [1.165, 1.54) is 0 Å². The second-order valence-corrected chi connectivity index (χ2v) is 4.51. The lowest BCUT2D eigenvalue weighted by molar-refractivity contribution is -0.384. The number of carboxylic acid groups (broad SMARTS) is 1. The third kappa shape index (κ3) is 2.89. The number of hydrogen-bond acceptors (Lipinski definition) is 5. The van der Waals surface area contributed by atoms with Crippen LogP contribution in [0.1, 0.15) is 6.42 Å². The smallest absolute Gasteiger partial charge is 0.412 e. The Bertz CT molecular complexity index is 569. The number of nitrogens with zero attached hydrogens (tertiary/aromatic N) is 3. The molecule has 0 saturated carbocycles. The SMILES string of the molecule is O=C(O)N(c1ccncc1[N+](=O)[O-])C1CNCCC1(F)F. The molecule has 114 valence electrons. The molecule has 0 bridgehead atoms. The number of alkyl halides is 2. The molecule has 1 unspecified atom stereocenters. The fourth-order valence-electron chi connectivity index (χ4n) is 2.22. The summed E-state index contributed by atoms with van der Waals surface area (Å²) in [5, 5.41) is 22.8. The average Bonchev–Trinajstić information content (AvgIpc) is 2.41. The lowest BCUT2D eigenvalue weighted by Gasteiger charge is -2.37. The van der Waals surface area contributed by atoms with Gasteiger partial charge in [0.2, 0.25) is 0 Å². The first-order valence-corrected chi connectivity index (χ1v) is 6.03. The maximum Gasteiger partial charge on any atom is 0.412 e. The van der Waals surface area contributed by atoms with Crippen LogP contribution in [0, 0.1) is 10.1 Å². The van der Waals surface area contributed by atoms with Gasteiger partial charge in [-0.05, 0) is 6.07 Å². The monoisotopic (exact) mass is 302 g/mol. The van der Waals surface area contributed by atoms with Crippen LogP contribution in [0.4, 0.5) is 25.0 Å². The largest absolute Gasteiger partial charge is 0.465 e. The molecule has 10 heteroatoms. The Morgan fingerprint density at radius 3 is 2.90 bits per heavy atom. The van der Waals surface area contributed by atoms with Crippen LogP contribution in [0.15, 0.2) is 18.5 Å². The standard InChI is InChI=1S/C11H12F2N4O4/c12-11(13)2-4-15-6-9(11)16(10(18)19)7-1-3-14-5-8(7)17(20)21/h1,3,5,9,15H,2,4,6H2,(H,18,19). The molecule has 1 atom stereocenters. The number of pyridine rings is 1. The minimum absolute atomic E-state index is 0.0510. The Morgan fingerprint density at radius 2 is 2.33 bits per heavy atom. The van der Waals surface area contributed by atoms with Crippen molar-refractivity contribution < 1.29 is 23.6 Å². The number of rotatable bonds is 3. The highest BCUT2D eigenvalue weighted by Gasteiger charge is 2.48. The van der Waals surface area contributed by atoms with Crippen LogP contribution >= 0.6 is 0 Å². The molecule has 1 fully saturated rings. The van der Waals surface area contributed by atoms with E-state index in [2.05, 4.69) is 10.3 Å².